The Hall–Kier alpha value is -2.10. The van der Waals surface area contributed by atoms with E-state index in [1.165, 1.54) is 7.11 Å². The first-order valence-electron chi connectivity index (χ1n) is 5.69. The van der Waals surface area contributed by atoms with E-state index in [0.29, 0.717) is 0 Å². The molecule has 0 saturated heterocycles. The van der Waals surface area contributed by atoms with Crippen LogP contribution in [0.3, 0.4) is 0 Å². The maximum atomic E-state index is 11.7. The molecule has 94 valence electrons. The average molecular weight is 246 g/mol. The van der Waals surface area contributed by atoms with Gasteiger partial charge in [-0.05, 0) is 5.56 Å². The fourth-order valence-corrected chi connectivity index (χ4v) is 2.28. The smallest absolute Gasteiger partial charge is 0.316 e. The molecule has 0 aromatic heterocycles. The Labute approximate surface area is 105 Å². The monoisotopic (exact) mass is 246 g/mol. The van der Waals surface area contributed by atoms with Gasteiger partial charge < -0.3 is 9.84 Å². The number of hydrogen-bond donors (Lipinski definition) is 1. The lowest BCUT2D eigenvalue weighted by atomic mass is 9.77. The van der Waals surface area contributed by atoms with Crippen LogP contribution in [0.2, 0.25) is 0 Å². The van der Waals surface area contributed by atoms with E-state index in [2.05, 4.69) is 0 Å². The minimum absolute atomic E-state index is 0.179. The van der Waals surface area contributed by atoms with Gasteiger partial charge in [0.25, 0.3) is 0 Å². The van der Waals surface area contributed by atoms with Gasteiger partial charge in [-0.1, -0.05) is 30.3 Å². The number of aliphatic hydroxyl groups is 1. The van der Waals surface area contributed by atoms with Crippen LogP contribution >= 0.6 is 0 Å². The van der Waals surface area contributed by atoms with Crippen molar-refractivity contribution in [1.82, 2.24) is 0 Å². The maximum Gasteiger partial charge on any atom is 0.316 e. The molecule has 0 amide bonds. The minimum Gasteiger partial charge on any atom is -0.511 e. The number of methoxy groups -OCH3 is 1. The summed E-state index contributed by atoms with van der Waals surface area (Å²) in [6, 6.07) is 9.21. The first-order chi connectivity index (χ1) is 8.63. The van der Waals surface area contributed by atoms with E-state index in [0.717, 1.165) is 11.6 Å². The van der Waals surface area contributed by atoms with E-state index in [1.54, 1.807) is 0 Å². The van der Waals surface area contributed by atoms with Crippen molar-refractivity contribution in [1.29, 1.82) is 0 Å². The van der Waals surface area contributed by atoms with Crippen LogP contribution in [0, 0.1) is 5.92 Å². The normalized spacial score (nSPS) is 23.4. The Morgan fingerprint density at radius 3 is 2.61 bits per heavy atom. The van der Waals surface area contributed by atoms with Crippen LogP contribution in [-0.4, -0.2) is 24.0 Å². The fourth-order valence-electron chi connectivity index (χ4n) is 2.28. The van der Waals surface area contributed by atoms with E-state index in [4.69, 9.17) is 4.74 Å². The summed E-state index contributed by atoms with van der Waals surface area (Å²) in [5.74, 6) is -2.08. The summed E-state index contributed by atoms with van der Waals surface area (Å²) in [4.78, 5) is 23.3. The predicted molar refractivity (Wildman–Crippen MR) is 65.0 cm³/mol. The van der Waals surface area contributed by atoms with Crippen LogP contribution < -0.4 is 0 Å². The lowest BCUT2D eigenvalue weighted by Gasteiger charge is -2.27. The van der Waals surface area contributed by atoms with Crippen molar-refractivity contribution in [2.75, 3.05) is 7.11 Å². The number of carbonyl (C=O) groups is 2. The zero-order valence-electron chi connectivity index (χ0n) is 10.00. The molecule has 0 saturated carbocycles. The molecule has 0 spiro atoms. The van der Waals surface area contributed by atoms with Gasteiger partial charge in [-0.15, -0.1) is 0 Å². The summed E-state index contributed by atoms with van der Waals surface area (Å²) in [7, 11) is 1.27. The highest BCUT2D eigenvalue weighted by Gasteiger charge is 2.38. The summed E-state index contributed by atoms with van der Waals surface area (Å²) in [5.41, 5.74) is 0.848. The molecule has 0 fully saturated rings. The van der Waals surface area contributed by atoms with Crippen molar-refractivity contribution in [3.05, 3.63) is 47.7 Å². The Kier molecular flexibility index (Phi) is 3.46. The van der Waals surface area contributed by atoms with Gasteiger partial charge in [0.15, 0.2) is 5.78 Å². The predicted octanol–water partition coefficient (Wildman–Crippen LogP) is 1.97. The summed E-state index contributed by atoms with van der Waals surface area (Å²) in [6.07, 6.45) is 1.31. The lowest BCUT2D eigenvalue weighted by molar-refractivity contribution is -0.146. The van der Waals surface area contributed by atoms with E-state index >= 15 is 0 Å². The van der Waals surface area contributed by atoms with Gasteiger partial charge in [-0.2, -0.15) is 0 Å². The van der Waals surface area contributed by atoms with Crippen molar-refractivity contribution in [3.63, 3.8) is 0 Å². The molecule has 2 rings (SSSR count). The number of allylic oxidation sites excluding steroid dienone is 1. The second-order valence-electron chi connectivity index (χ2n) is 4.26. The Balaban J connectivity index is 2.41. The zero-order chi connectivity index (χ0) is 13.1. The van der Waals surface area contributed by atoms with Crippen LogP contribution in [0.25, 0.3) is 0 Å². The van der Waals surface area contributed by atoms with Gasteiger partial charge in [-0.3, -0.25) is 9.59 Å². The highest BCUT2D eigenvalue weighted by molar-refractivity contribution is 5.94. The molecule has 2 atom stereocenters. The molecular formula is C14H14O4. The molecule has 0 bridgehead atoms. The lowest BCUT2D eigenvalue weighted by Crippen LogP contribution is -2.30. The van der Waals surface area contributed by atoms with Crippen LogP contribution in [0.15, 0.2) is 42.2 Å². The van der Waals surface area contributed by atoms with Crippen LogP contribution in [0.4, 0.5) is 0 Å². The maximum absolute atomic E-state index is 11.7. The topological polar surface area (TPSA) is 63.6 Å². The Bertz CT molecular complexity index is 490. The summed E-state index contributed by atoms with van der Waals surface area (Å²) in [5, 5.41) is 9.81. The van der Waals surface area contributed by atoms with E-state index in [9.17, 15) is 14.7 Å². The van der Waals surface area contributed by atoms with Gasteiger partial charge in [0.2, 0.25) is 0 Å². The molecule has 0 unspecified atom stereocenters. The third kappa shape index (κ3) is 2.27. The van der Waals surface area contributed by atoms with Crippen LogP contribution in [0.5, 0.6) is 0 Å². The first kappa shape index (κ1) is 12.4. The second kappa shape index (κ2) is 5.04. The quantitative estimate of drug-likeness (QED) is 0.810. The van der Waals surface area contributed by atoms with E-state index < -0.39 is 11.9 Å². The number of rotatable bonds is 2. The zero-order valence-corrected chi connectivity index (χ0v) is 10.00. The molecule has 4 heteroatoms. The largest absolute Gasteiger partial charge is 0.511 e. The molecular weight excluding hydrogens is 232 g/mol. The summed E-state index contributed by atoms with van der Waals surface area (Å²) in [6.45, 7) is 0. The SMILES string of the molecule is COC(=O)[C@@H]1C(O)=CC(=O)C[C@@H]1c1ccccc1. The number of ether oxygens (including phenoxy) is 1. The molecule has 1 aliphatic carbocycles. The highest BCUT2D eigenvalue weighted by Crippen LogP contribution is 2.36. The fraction of sp³-hybridized carbons (Fsp3) is 0.286. The molecule has 4 nitrogen and oxygen atoms in total. The number of aliphatic hydroxyl groups excluding tert-OH is 1. The molecule has 1 aromatic carbocycles. The molecule has 0 heterocycles. The van der Waals surface area contributed by atoms with Crippen molar-refractivity contribution >= 4 is 11.8 Å². The molecule has 0 aliphatic heterocycles. The van der Waals surface area contributed by atoms with Crippen molar-refractivity contribution in [2.45, 2.75) is 12.3 Å². The molecule has 1 aliphatic rings. The number of benzene rings is 1. The van der Waals surface area contributed by atoms with Gasteiger partial charge in [0, 0.05) is 18.4 Å². The van der Waals surface area contributed by atoms with Crippen molar-refractivity contribution in [2.24, 2.45) is 5.92 Å². The van der Waals surface area contributed by atoms with Gasteiger partial charge in [-0.25, -0.2) is 0 Å². The molecule has 1 N–H and O–H groups in total. The number of esters is 1. The average Bonchev–Trinajstić information content (AvgIpc) is 2.38. The molecule has 1 aromatic rings. The van der Waals surface area contributed by atoms with E-state index in [-0.39, 0.29) is 23.9 Å². The Morgan fingerprint density at radius 1 is 1.33 bits per heavy atom. The summed E-state index contributed by atoms with van der Waals surface area (Å²) >= 11 is 0. The van der Waals surface area contributed by atoms with Gasteiger partial charge >= 0.3 is 5.97 Å². The first-order valence-corrected chi connectivity index (χ1v) is 5.69. The Morgan fingerprint density at radius 2 is 2.00 bits per heavy atom. The second-order valence-corrected chi connectivity index (χ2v) is 4.26. The van der Waals surface area contributed by atoms with Crippen LogP contribution in [-0.2, 0) is 14.3 Å². The number of carbonyl (C=O) groups excluding carboxylic acids is 2. The van der Waals surface area contributed by atoms with Crippen molar-refractivity contribution < 1.29 is 19.4 Å². The standard InChI is InChI=1S/C14H14O4/c1-18-14(17)13-11(7-10(15)8-12(13)16)9-5-3-2-4-6-9/h2-6,8,11,13,16H,7H2,1H3/t11-,13+/m1/s1. The number of ketones is 1. The third-order valence-corrected chi connectivity index (χ3v) is 3.13. The van der Waals surface area contributed by atoms with Gasteiger partial charge in [0.05, 0.1) is 7.11 Å². The van der Waals surface area contributed by atoms with Crippen LogP contribution in [0.1, 0.15) is 17.9 Å². The highest BCUT2D eigenvalue weighted by atomic mass is 16.5. The number of hydrogen-bond acceptors (Lipinski definition) is 4. The third-order valence-electron chi connectivity index (χ3n) is 3.13. The van der Waals surface area contributed by atoms with Gasteiger partial charge in [0.1, 0.15) is 11.7 Å². The minimum atomic E-state index is -0.796. The van der Waals surface area contributed by atoms with E-state index in [1.807, 2.05) is 30.3 Å². The molecule has 18 heavy (non-hydrogen) atoms. The summed E-state index contributed by atoms with van der Waals surface area (Å²) < 4.78 is 4.70. The van der Waals surface area contributed by atoms with Crippen molar-refractivity contribution in [3.8, 4) is 0 Å². The molecule has 0 radical (unpaired) electrons.